The van der Waals surface area contributed by atoms with Crippen molar-refractivity contribution in [1.29, 1.82) is 0 Å². The van der Waals surface area contributed by atoms with E-state index in [9.17, 15) is 9.59 Å². The van der Waals surface area contributed by atoms with E-state index in [-0.39, 0.29) is 11.8 Å². The highest BCUT2D eigenvalue weighted by molar-refractivity contribution is 5.94. The topological polar surface area (TPSA) is 93.4 Å². The van der Waals surface area contributed by atoms with E-state index >= 15 is 0 Å². The quantitative estimate of drug-likeness (QED) is 0.149. The number of hydrazine groups is 1. The normalized spacial score (nSPS) is 11.1. The van der Waals surface area contributed by atoms with E-state index in [1.165, 1.54) is 0 Å². The minimum absolute atomic E-state index is 0.0927. The first kappa shape index (κ1) is 23.9. The molecule has 0 saturated carbocycles. The molecule has 0 unspecified atom stereocenters. The van der Waals surface area contributed by atoms with Gasteiger partial charge in [-0.05, 0) is 57.9 Å². The van der Waals surface area contributed by atoms with Crippen LogP contribution < -0.4 is 21.3 Å². The number of hydrogen-bond acceptors (Lipinski definition) is 4. The molecule has 1 aromatic carbocycles. The van der Waals surface area contributed by atoms with Crippen LogP contribution >= 0.6 is 0 Å². The van der Waals surface area contributed by atoms with Gasteiger partial charge < -0.3 is 14.5 Å². The van der Waals surface area contributed by atoms with Crippen LogP contribution in [0.5, 0.6) is 5.75 Å². The molecule has 0 bridgehead atoms. The third kappa shape index (κ3) is 8.27. The van der Waals surface area contributed by atoms with Crippen molar-refractivity contribution in [3.63, 3.8) is 0 Å². The highest BCUT2D eigenvalue weighted by atomic mass is 16.5. The molecule has 7 heteroatoms. The molecule has 158 valence electrons. The zero-order valence-electron chi connectivity index (χ0n) is 17.6. The molecular formula is C21H37N4O3+. The second-order valence-corrected chi connectivity index (χ2v) is 7.02. The van der Waals surface area contributed by atoms with Gasteiger partial charge in [-0.1, -0.05) is 6.42 Å². The van der Waals surface area contributed by atoms with Gasteiger partial charge in [0.15, 0.2) is 0 Å². The van der Waals surface area contributed by atoms with Crippen LogP contribution in [0.1, 0.15) is 56.8 Å². The average Bonchev–Trinajstić information content (AvgIpc) is 2.74. The Morgan fingerprint density at radius 3 is 2.21 bits per heavy atom. The second kappa shape index (κ2) is 13.1. The van der Waals surface area contributed by atoms with Crippen LogP contribution in [0.4, 0.5) is 0 Å². The largest absolute Gasteiger partial charge is 0.488 e. The van der Waals surface area contributed by atoms with Crippen LogP contribution in [-0.4, -0.2) is 55.6 Å². The number of nitrogens with zero attached hydrogens (tertiary/aromatic N) is 1. The Morgan fingerprint density at radius 2 is 1.64 bits per heavy atom. The number of likely N-dealkylation sites (N-methyl/N-ethyl adjacent to an activating group) is 1. The summed E-state index contributed by atoms with van der Waals surface area (Å²) in [6.07, 6.45) is 2.88. The molecule has 0 aliphatic heterocycles. The molecule has 0 fully saturated rings. The molecule has 0 saturated heterocycles. The van der Waals surface area contributed by atoms with E-state index in [2.05, 4.69) is 31.5 Å². The van der Waals surface area contributed by atoms with Crippen molar-refractivity contribution >= 4 is 11.8 Å². The second-order valence-electron chi connectivity index (χ2n) is 7.02. The van der Waals surface area contributed by atoms with Gasteiger partial charge in [0.05, 0.1) is 19.6 Å². The molecule has 7 nitrogen and oxygen atoms in total. The average molecular weight is 394 g/mol. The van der Waals surface area contributed by atoms with Crippen molar-refractivity contribution < 1.29 is 18.8 Å². The molecule has 4 N–H and O–H groups in total. The van der Waals surface area contributed by atoms with Gasteiger partial charge in [-0.2, -0.15) is 0 Å². The van der Waals surface area contributed by atoms with Crippen LogP contribution in [0.25, 0.3) is 0 Å². The van der Waals surface area contributed by atoms with E-state index in [1.807, 2.05) is 12.1 Å². The molecule has 28 heavy (non-hydrogen) atoms. The van der Waals surface area contributed by atoms with E-state index < -0.39 is 0 Å². The molecule has 1 rings (SSSR count). The van der Waals surface area contributed by atoms with Crippen molar-refractivity contribution in [1.82, 2.24) is 10.7 Å². The van der Waals surface area contributed by atoms with Crippen molar-refractivity contribution in [3.8, 4) is 5.75 Å². The standard InChI is InChI=1S/C21H36N4O3/c1-4-25(5-2,6-3)16-17-28-19-13-11-18(12-14-19)21(27)23-15-9-7-8-10-20(26)24-22/h11-14H,4-10,15-17,22H2,1-3H3,(H-,23,24,26,27)/p+1. The smallest absolute Gasteiger partial charge is 0.251 e. The van der Waals surface area contributed by atoms with Crippen molar-refractivity contribution in [2.24, 2.45) is 5.84 Å². The Hall–Kier alpha value is -2.12. The Labute approximate surface area is 169 Å². The predicted molar refractivity (Wildman–Crippen MR) is 112 cm³/mol. The van der Waals surface area contributed by atoms with Gasteiger partial charge in [-0.15, -0.1) is 0 Å². The molecule has 2 amide bonds. The maximum Gasteiger partial charge on any atom is 0.251 e. The fraction of sp³-hybridized carbons (Fsp3) is 0.619. The number of quaternary nitrogens is 1. The van der Waals surface area contributed by atoms with Gasteiger partial charge >= 0.3 is 0 Å². The molecule has 1 aromatic rings. The van der Waals surface area contributed by atoms with Gasteiger partial charge in [0.1, 0.15) is 18.9 Å². The van der Waals surface area contributed by atoms with Gasteiger partial charge in [-0.25, -0.2) is 5.84 Å². The third-order valence-corrected chi connectivity index (χ3v) is 5.49. The highest BCUT2D eigenvalue weighted by Gasteiger charge is 2.20. The number of carbonyl (C=O) groups is 2. The number of carbonyl (C=O) groups excluding carboxylic acids is 2. The van der Waals surface area contributed by atoms with Gasteiger partial charge in [0.2, 0.25) is 5.91 Å². The Kier molecular flexibility index (Phi) is 11.2. The Morgan fingerprint density at radius 1 is 1.00 bits per heavy atom. The van der Waals surface area contributed by atoms with Crippen molar-refractivity contribution in [3.05, 3.63) is 29.8 Å². The molecule has 0 heterocycles. The first-order chi connectivity index (χ1) is 13.5. The van der Waals surface area contributed by atoms with Gasteiger partial charge in [0.25, 0.3) is 5.91 Å². The molecule has 0 aliphatic carbocycles. The van der Waals surface area contributed by atoms with Crippen LogP contribution in [0.3, 0.4) is 0 Å². The molecule has 0 aliphatic rings. The van der Waals surface area contributed by atoms with Crippen LogP contribution in [0, 0.1) is 0 Å². The summed E-state index contributed by atoms with van der Waals surface area (Å²) in [4.78, 5) is 23.2. The number of rotatable bonds is 14. The first-order valence-corrected chi connectivity index (χ1v) is 10.4. The summed E-state index contributed by atoms with van der Waals surface area (Å²) in [7, 11) is 0. The summed E-state index contributed by atoms with van der Waals surface area (Å²) in [6.45, 7) is 12.2. The molecule has 0 aromatic heterocycles. The lowest BCUT2D eigenvalue weighted by molar-refractivity contribution is -0.923. The molecule has 0 spiro atoms. The lowest BCUT2D eigenvalue weighted by Gasteiger charge is -2.35. The van der Waals surface area contributed by atoms with Gasteiger partial charge in [0, 0.05) is 18.5 Å². The fourth-order valence-electron chi connectivity index (χ4n) is 3.17. The number of hydrogen-bond donors (Lipinski definition) is 3. The van der Waals surface area contributed by atoms with Crippen molar-refractivity contribution in [2.75, 3.05) is 39.3 Å². The zero-order valence-corrected chi connectivity index (χ0v) is 17.6. The molecular weight excluding hydrogens is 356 g/mol. The summed E-state index contributed by atoms with van der Waals surface area (Å²) in [5.41, 5.74) is 2.73. The third-order valence-electron chi connectivity index (χ3n) is 5.49. The summed E-state index contributed by atoms with van der Waals surface area (Å²) < 4.78 is 6.92. The molecule has 0 atom stereocenters. The monoisotopic (exact) mass is 393 g/mol. The minimum Gasteiger partial charge on any atom is -0.488 e. The SMILES string of the molecule is CC[N+](CC)(CC)CCOc1ccc(C(=O)NCCCCCC(=O)NN)cc1. The van der Waals surface area contributed by atoms with E-state index in [0.717, 1.165) is 55.7 Å². The summed E-state index contributed by atoms with van der Waals surface area (Å²) >= 11 is 0. The summed E-state index contributed by atoms with van der Waals surface area (Å²) in [5, 5.41) is 2.90. The first-order valence-electron chi connectivity index (χ1n) is 10.4. The van der Waals surface area contributed by atoms with Crippen molar-refractivity contribution in [2.45, 2.75) is 46.5 Å². The highest BCUT2D eigenvalue weighted by Crippen LogP contribution is 2.13. The fourth-order valence-corrected chi connectivity index (χ4v) is 3.17. The lowest BCUT2D eigenvalue weighted by atomic mass is 10.1. The predicted octanol–water partition coefficient (Wildman–Crippen LogP) is 2.22. The Balaban J connectivity index is 2.31. The maximum absolute atomic E-state index is 12.2. The maximum atomic E-state index is 12.2. The van der Waals surface area contributed by atoms with E-state index in [1.54, 1.807) is 12.1 Å². The van der Waals surface area contributed by atoms with Gasteiger partial charge in [-0.3, -0.25) is 15.0 Å². The minimum atomic E-state index is -0.157. The molecule has 0 radical (unpaired) electrons. The summed E-state index contributed by atoms with van der Waals surface area (Å²) in [6, 6.07) is 7.27. The van der Waals surface area contributed by atoms with Crippen LogP contribution in [0.15, 0.2) is 24.3 Å². The number of amides is 2. The lowest BCUT2D eigenvalue weighted by Crippen LogP contribution is -2.49. The van der Waals surface area contributed by atoms with Crippen LogP contribution in [0.2, 0.25) is 0 Å². The van der Waals surface area contributed by atoms with E-state index in [0.29, 0.717) is 25.1 Å². The van der Waals surface area contributed by atoms with E-state index in [4.69, 9.17) is 10.6 Å². The number of benzene rings is 1. The summed E-state index contributed by atoms with van der Waals surface area (Å²) in [5.74, 6) is 5.56. The zero-order chi connectivity index (χ0) is 20.8. The van der Waals surface area contributed by atoms with Crippen LogP contribution in [-0.2, 0) is 4.79 Å². The number of nitrogens with one attached hydrogen (secondary N) is 2. The number of nitrogens with two attached hydrogens (primary N) is 1. The number of unbranched alkanes of at least 4 members (excludes halogenated alkanes) is 2. The Bertz CT molecular complexity index is 578. The number of ether oxygens (including phenoxy) is 1.